The molecule has 2 aromatic rings. The van der Waals surface area contributed by atoms with E-state index in [1.165, 1.54) is 11.0 Å². The first-order valence-corrected chi connectivity index (χ1v) is 9.14. The quantitative estimate of drug-likeness (QED) is 0.793. The summed E-state index contributed by atoms with van der Waals surface area (Å²) in [4.78, 5) is 27.1. The van der Waals surface area contributed by atoms with Gasteiger partial charge in [0.2, 0.25) is 11.8 Å². The van der Waals surface area contributed by atoms with E-state index in [4.69, 9.17) is 0 Å². The Morgan fingerprint density at radius 1 is 1.08 bits per heavy atom. The summed E-state index contributed by atoms with van der Waals surface area (Å²) in [6.07, 6.45) is 3.57. The molecule has 0 bridgehead atoms. The molecule has 0 unspecified atom stereocenters. The second-order valence-corrected chi connectivity index (χ2v) is 7.28. The van der Waals surface area contributed by atoms with E-state index < -0.39 is 0 Å². The Morgan fingerprint density at radius 3 is 2.31 bits per heavy atom. The first-order chi connectivity index (χ1) is 12.5. The Hall–Kier alpha value is -2.50. The van der Waals surface area contributed by atoms with Crippen LogP contribution in [0.25, 0.3) is 0 Å². The number of hydrogen-bond acceptors (Lipinski definition) is 3. The monoisotopic (exact) mass is 355 g/mol. The minimum absolute atomic E-state index is 0.101. The predicted molar refractivity (Wildman–Crippen MR) is 95.1 cm³/mol. The molecule has 1 saturated heterocycles. The molecule has 0 radical (unpaired) electrons. The molecular weight excluding hydrogens is 333 g/mol. The number of hydrogen-bond donors (Lipinski definition) is 0. The van der Waals surface area contributed by atoms with Crippen molar-refractivity contribution < 1.29 is 14.0 Å². The largest absolute Gasteiger partial charge is 0.274 e. The molecule has 0 N–H and O–H groups in total. The van der Waals surface area contributed by atoms with Crippen LogP contribution in [0.1, 0.15) is 42.6 Å². The van der Waals surface area contributed by atoms with Crippen molar-refractivity contribution in [3.8, 4) is 0 Å². The molecule has 2 amide bonds. The molecule has 1 aliphatic heterocycles. The number of rotatable bonds is 3. The maximum atomic E-state index is 14.0. The van der Waals surface area contributed by atoms with Gasteiger partial charge in [0.15, 0.2) is 0 Å². The Bertz CT molecular complexity index is 865. The van der Waals surface area contributed by atoms with Crippen molar-refractivity contribution in [2.24, 2.45) is 11.8 Å². The van der Waals surface area contributed by atoms with Gasteiger partial charge in [0.05, 0.1) is 35.5 Å². The SMILES string of the molecule is Cc1nn(Cc2ccccc2F)c(C)c1N1C(=O)[C@H]2CCCC[C@H]2C1=O. The molecule has 1 saturated carbocycles. The summed E-state index contributed by atoms with van der Waals surface area (Å²) in [6, 6.07) is 6.56. The molecule has 136 valence electrons. The minimum atomic E-state index is -0.291. The smallest absolute Gasteiger partial charge is 0.237 e. The van der Waals surface area contributed by atoms with Crippen molar-refractivity contribution in [2.75, 3.05) is 4.90 Å². The number of carbonyl (C=O) groups is 2. The van der Waals surface area contributed by atoms with Crippen LogP contribution >= 0.6 is 0 Å². The second-order valence-electron chi connectivity index (χ2n) is 7.28. The third kappa shape index (κ3) is 2.55. The highest BCUT2D eigenvalue weighted by atomic mass is 19.1. The fourth-order valence-corrected chi connectivity index (χ4v) is 4.34. The van der Waals surface area contributed by atoms with E-state index in [1.54, 1.807) is 29.8 Å². The van der Waals surface area contributed by atoms with Crippen LogP contribution in [0.15, 0.2) is 24.3 Å². The third-order valence-corrected chi connectivity index (χ3v) is 5.69. The summed E-state index contributed by atoms with van der Waals surface area (Å²) in [6.45, 7) is 3.89. The normalized spacial score (nSPS) is 22.8. The van der Waals surface area contributed by atoms with Crippen LogP contribution in [-0.4, -0.2) is 21.6 Å². The lowest BCUT2D eigenvalue weighted by Gasteiger charge is -2.19. The molecule has 1 aromatic carbocycles. The van der Waals surface area contributed by atoms with Gasteiger partial charge in [0, 0.05) is 5.56 Å². The highest BCUT2D eigenvalue weighted by Crippen LogP contribution is 2.41. The van der Waals surface area contributed by atoms with Gasteiger partial charge in [0.1, 0.15) is 5.82 Å². The topological polar surface area (TPSA) is 55.2 Å². The lowest BCUT2D eigenvalue weighted by molar-refractivity contribution is -0.122. The minimum Gasteiger partial charge on any atom is -0.274 e. The average molecular weight is 355 g/mol. The first-order valence-electron chi connectivity index (χ1n) is 9.14. The van der Waals surface area contributed by atoms with Gasteiger partial charge >= 0.3 is 0 Å². The zero-order valence-electron chi connectivity index (χ0n) is 15.0. The van der Waals surface area contributed by atoms with Gasteiger partial charge in [-0.25, -0.2) is 9.29 Å². The summed E-state index contributed by atoms with van der Waals surface area (Å²) < 4.78 is 15.7. The number of amides is 2. The zero-order valence-corrected chi connectivity index (χ0v) is 15.0. The fourth-order valence-electron chi connectivity index (χ4n) is 4.34. The van der Waals surface area contributed by atoms with Crippen LogP contribution in [0.4, 0.5) is 10.1 Å². The molecular formula is C20H22FN3O2. The predicted octanol–water partition coefficient (Wildman–Crippen LogP) is 3.37. The van der Waals surface area contributed by atoms with E-state index in [9.17, 15) is 14.0 Å². The van der Waals surface area contributed by atoms with Gasteiger partial charge < -0.3 is 0 Å². The standard InChI is InChI=1S/C20H22FN3O2/c1-12-18(24-19(25)15-8-4-5-9-16(15)20(24)26)13(2)23(22-12)11-14-7-3-6-10-17(14)21/h3,6-7,10,15-16H,4-5,8-9,11H2,1-2H3/t15-,16+. The molecule has 1 aliphatic carbocycles. The van der Waals surface area contributed by atoms with Crippen LogP contribution in [0, 0.1) is 31.5 Å². The maximum Gasteiger partial charge on any atom is 0.237 e. The van der Waals surface area contributed by atoms with Crippen molar-refractivity contribution in [1.82, 2.24) is 9.78 Å². The molecule has 26 heavy (non-hydrogen) atoms. The first kappa shape index (κ1) is 16.9. The van der Waals surface area contributed by atoms with Crippen LogP contribution in [0.5, 0.6) is 0 Å². The van der Waals surface area contributed by atoms with Crippen LogP contribution < -0.4 is 4.90 Å². The molecule has 2 heterocycles. The third-order valence-electron chi connectivity index (χ3n) is 5.69. The van der Waals surface area contributed by atoms with Crippen molar-refractivity contribution in [1.29, 1.82) is 0 Å². The summed E-state index contributed by atoms with van der Waals surface area (Å²) in [5.74, 6) is -0.872. The van der Waals surface area contributed by atoms with Crippen LogP contribution in [0.3, 0.4) is 0 Å². The second kappa shape index (κ2) is 6.34. The van der Waals surface area contributed by atoms with Crippen LogP contribution in [0.2, 0.25) is 0 Å². The molecule has 2 atom stereocenters. The van der Waals surface area contributed by atoms with Gasteiger partial charge in [-0.15, -0.1) is 0 Å². The van der Waals surface area contributed by atoms with Gasteiger partial charge in [-0.05, 0) is 32.8 Å². The molecule has 0 spiro atoms. The van der Waals surface area contributed by atoms with Crippen molar-refractivity contribution in [3.05, 3.63) is 47.0 Å². The van der Waals surface area contributed by atoms with E-state index in [-0.39, 0.29) is 36.0 Å². The van der Waals surface area contributed by atoms with Gasteiger partial charge in [-0.2, -0.15) is 5.10 Å². The number of imide groups is 1. The Kier molecular flexibility index (Phi) is 4.13. The van der Waals surface area contributed by atoms with E-state index in [2.05, 4.69) is 5.10 Å². The summed E-state index contributed by atoms with van der Waals surface area (Å²) in [5.41, 5.74) is 2.44. The highest BCUT2D eigenvalue weighted by molar-refractivity contribution is 6.22. The number of anilines is 1. The molecule has 2 aliphatic rings. The molecule has 4 rings (SSSR count). The lowest BCUT2D eigenvalue weighted by atomic mass is 9.81. The van der Waals surface area contributed by atoms with Gasteiger partial charge in [-0.3, -0.25) is 14.3 Å². The Morgan fingerprint density at radius 2 is 1.69 bits per heavy atom. The highest BCUT2D eigenvalue weighted by Gasteiger charge is 2.50. The number of aryl methyl sites for hydroxylation is 1. The lowest BCUT2D eigenvalue weighted by Crippen LogP contribution is -2.31. The Balaban J connectivity index is 1.70. The van der Waals surface area contributed by atoms with Crippen molar-refractivity contribution in [2.45, 2.75) is 46.1 Å². The number of carbonyl (C=O) groups excluding carboxylic acids is 2. The summed E-state index contributed by atoms with van der Waals surface area (Å²) >= 11 is 0. The van der Waals surface area contributed by atoms with E-state index in [1.807, 2.05) is 6.92 Å². The van der Waals surface area contributed by atoms with Gasteiger partial charge in [-0.1, -0.05) is 31.0 Å². The van der Waals surface area contributed by atoms with E-state index in [0.29, 0.717) is 22.6 Å². The summed E-state index contributed by atoms with van der Waals surface area (Å²) in [5, 5.41) is 4.48. The van der Waals surface area contributed by atoms with E-state index in [0.717, 1.165) is 25.7 Å². The zero-order chi connectivity index (χ0) is 18.4. The number of benzene rings is 1. The number of halogens is 1. The van der Waals surface area contributed by atoms with E-state index >= 15 is 0 Å². The number of fused-ring (bicyclic) bond motifs is 1. The fraction of sp³-hybridized carbons (Fsp3) is 0.450. The molecule has 1 aromatic heterocycles. The van der Waals surface area contributed by atoms with Gasteiger partial charge in [0.25, 0.3) is 0 Å². The van der Waals surface area contributed by atoms with Crippen molar-refractivity contribution in [3.63, 3.8) is 0 Å². The maximum absolute atomic E-state index is 14.0. The number of nitrogens with zero attached hydrogens (tertiary/aromatic N) is 3. The van der Waals surface area contributed by atoms with Crippen molar-refractivity contribution >= 4 is 17.5 Å². The average Bonchev–Trinajstić information content (AvgIpc) is 3.04. The molecule has 5 nitrogen and oxygen atoms in total. The molecule has 6 heteroatoms. The summed E-state index contributed by atoms with van der Waals surface area (Å²) in [7, 11) is 0. The number of aromatic nitrogens is 2. The molecule has 2 fully saturated rings. The Labute approximate surface area is 151 Å². The van der Waals surface area contributed by atoms with Crippen LogP contribution in [-0.2, 0) is 16.1 Å².